The number of nitrogens with two attached hydrogens (primary N) is 1. The summed E-state index contributed by atoms with van der Waals surface area (Å²) in [4.78, 5) is 0. The second kappa shape index (κ2) is 2.89. The quantitative estimate of drug-likeness (QED) is 0.612. The van der Waals surface area contributed by atoms with E-state index in [0.717, 1.165) is 0 Å². The van der Waals surface area contributed by atoms with E-state index in [2.05, 4.69) is 20.8 Å². The molecule has 0 aromatic rings. The highest BCUT2D eigenvalue weighted by Gasteiger charge is 2.32. The molecule has 0 aliphatic rings. The molecule has 0 rings (SSSR count). The van der Waals surface area contributed by atoms with Gasteiger partial charge < -0.3 is 10.8 Å². The molecule has 62 valence electrons. The van der Waals surface area contributed by atoms with E-state index in [1.807, 2.05) is 6.92 Å². The van der Waals surface area contributed by atoms with Crippen LogP contribution in [0.1, 0.15) is 34.1 Å². The summed E-state index contributed by atoms with van der Waals surface area (Å²) >= 11 is 0. The molecule has 10 heavy (non-hydrogen) atoms. The molecule has 0 spiro atoms. The standard InChI is InChI=1S/C8H19NO/c1-7(2,3)8(4,9)5-6-10/h10H,5-6,9H2,1-4H3. The number of hydrogen-bond acceptors (Lipinski definition) is 2. The van der Waals surface area contributed by atoms with E-state index in [4.69, 9.17) is 10.8 Å². The molecule has 0 fully saturated rings. The molecular formula is C8H19NO. The minimum atomic E-state index is -0.262. The topological polar surface area (TPSA) is 46.2 Å². The Morgan fingerprint density at radius 1 is 1.20 bits per heavy atom. The van der Waals surface area contributed by atoms with Crippen LogP contribution < -0.4 is 5.73 Å². The van der Waals surface area contributed by atoms with Gasteiger partial charge in [0.05, 0.1) is 0 Å². The molecule has 0 saturated carbocycles. The number of aliphatic hydroxyl groups is 1. The molecule has 0 radical (unpaired) electrons. The Bertz CT molecular complexity index is 102. The fourth-order valence-corrected chi connectivity index (χ4v) is 0.607. The Balaban J connectivity index is 4.10. The zero-order chi connectivity index (χ0) is 8.41. The molecule has 0 aliphatic carbocycles. The third-order valence-electron chi connectivity index (χ3n) is 2.34. The van der Waals surface area contributed by atoms with E-state index in [1.54, 1.807) is 0 Å². The molecule has 1 unspecified atom stereocenters. The molecule has 2 heteroatoms. The minimum absolute atomic E-state index is 0.0652. The van der Waals surface area contributed by atoms with Crippen LogP contribution >= 0.6 is 0 Å². The fourth-order valence-electron chi connectivity index (χ4n) is 0.607. The maximum atomic E-state index is 8.69. The van der Waals surface area contributed by atoms with Crippen LogP contribution in [0.25, 0.3) is 0 Å². The molecule has 0 aliphatic heterocycles. The first-order valence-corrected chi connectivity index (χ1v) is 3.71. The number of rotatable bonds is 2. The Morgan fingerprint density at radius 3 is 1.70 bits per heavy atom. The van der Waals surface area contributed by atoms with Crippen LogP contribution in [0.3, 0.4) is 0 Å². The van der Waals surface area contributed by atoms with Crippen LogP contribution in [0, 0.1) is 5.41 Å². The second-order valence-electron chi connectivity index (χ2n) is 4.14. The first-order chi connectivity index (χ1) is 4.31. The third kappa shape index (κ3) is 2.27. The van der Waals surface area contributed by atoms with Crippen LogP contribution in [-0.4, -0.2) is 17.3 Å². The Labute approximate surface area is 63.4 Å². The van der Waals surface area contributed by atoms with E-state index in [9.17, 15) is 0 Å². The number of aliphatic hydroxyl groups excluding tert-OH is 1. The van der Waals surface area contributed by atoms with Crippen molar-refractivity contribution in [3.63, 3.8) is 0 Å². The molecule has 0 saturated heterocycles. The summed E-state index contributed by atoms with van der Waals surface area (Å²) in [5.74, 6) is 0. The average molecular weight is 145 g/mol. The van der Waals surface area contributed by atoms with Crippen molar-refractivity contribution >= 4 is 0 Å². The molecule has 0 heterocycles. The molecule has 1 atom stereocenters. The van der Waals surface area contributed by atoms with Crippen molar-refractivity contribution < 1.29 is 5.11 Å². The number of hydrogen-bond donors (Lipinski definition) is 2. The molecule has 2 nitrogen and oxygen atoms in total. The van der Waals surface area contributed by atoms with Gasteiger partial charge in [-0.2, -0.15) is 0 Å². The van der Waals surface area contributed by atoms with Crippen LogP contribution in [-0.2, 0) is 0 Å². The van der Waals surface area contributed by atoms with E-state index < -0.39 is 0 Å². The van der Waals surface area contributed by atoms with Gasteiger partial charge >= 0.3 is 0 Å². The van der Waals surface area contributed by atoms with Gasteiger partial charge in [-0.25, -0.2) is 0 Å². The predicted octanol–water partition coefficient (Wildman–Crippen LogP) is 1.13. The molecule has 0 aromatic heterocycles. The van der Waals surface area contributed by atoms with Crippen molar-refractivity contribution in [2.45, 2.75) is 39.7 Å². The smallest absolute Gasteiger partial charge is 0.0448 e. The zero-order valence-corrected chi connectivity index (χ0v) is 7.44. The van der Waals surface area contributed by atoms with Crippen molar-refractivity contribution in [3.8, 4) is 0 Å². The van der Waals surface area contributed by atoms with E-state index in [1.165, 1.54) is 0 Å². The first kappa shape index (κ1) is 9.92. The fraction of sp³-hybridized carbons (Fsp3) is 1.00. The minimum Gasteiger partial charge on any atom is -0.396 e. The van der Waals surface area contributed by atoms with Crippen LogP contribution in [0.5, 0.6) is 0 Å². The van der Waals surface area contributed by atoms with Crippen LogP contribution in [0.4, 0.5) is 0 Å². The summed E-state index contributed by atoms with van der Waals surface area (Å²) in [5.41, 5.74) is 5.75. The summed E-state index contributed by atoms with van der Waals surface area (Å²) in [6.07, 6.45) is 0.663. The lowest BCUT2D eigenvalue weighted by Crippen LogP contribution is -2.49. The Morgan fingerprint density at radius 2 is 1.60 bits per heavy atom. The van der Waals surface area contributed by atoms with Gasteiger partial charge in [-0.05, 0) is 18.8 Å². The second-order valence-corrected chi connectivity index (χ2v) is 4.14. The van der Waals surface area contributed by atoms with E-state index in [-0.39, 0.29) is 17.6 Å². The highest BCUT2D eigenvalue weighted by atomic mass is 16.3. The highest BCUT2D eigenvalue weighted by Crippen LogP contribution is 2.29. The normalized spacial score (nSPS) is 18.6. The lowest BCUT2D eigenvalue weighted by atomic mass is 9.74. The maximum Gasteiger partial charge on any atom is 0.0448 e. The van der Waals surface area contributed by atoms with Gasteiger partial charge in [0.2, 0.25) is 0 Å². The lowest BCUT2D eigenvalue weighted by Gasteiger charge is -2.38. The van der Waals surface area contributed by atoms with Crippen LogP contribution in [0.2, 0.25) is 0 Å². The summed E-state index contributed by atoms with van der Waals surface area (Å²) in [6, 6.07) is 0. The van der Waals surface area contributed by atoms with Crippen molar-refractivity contribution in [3.05, 3.63) is 0 Å². The predicted molar refractivity (Wildman–Crippen MR) is 43.8 cm³/mol. The van der Waals surface area contributed by atoms with Gasteiger partial charge in [-0.3, -0.25) is 0 Å². The Kier molecular flexibility index (Phi) is 2.86. The summed E-state index contributed by atoms with van der Waals surface area (Å²) in [5, 5.41) is 8.69. The summed E-state index contributed by atoms with van der Waals surface area (Å²) in [7, 11) is 0. The monoisotopic (exact) mass is 145 g/mol. The van der Waals surface area contributed by atoms with Gasteiger partial charge in [0, 0.05) is 12.1 Å². The van der Waals surface area contributed by atoms with Gasteiger partial charge in [0.15, 0.2) is 0 Å². The van der Waals surface area contributed by atoms with Crippen molar-refractivity contribution in [1.29, 1.82) is 0 Å². The Hall–Kier alpha value is -0.0800. The van der Waals surface area contributed by atoms with Crippen molar-refractivity contribution in [2.75, 3.05) is 6.61 Å². The van der Waals surface area contributed by atoms with Gasteiger partial charge in [0.1, 0.15) is 0 Å². The molecule has 3 N–H and O–H groups in total. The first-order valence-electron chi connectivity index (χ1n) is 3.71. The lowest BCUT2D eigenvalue weighted by molar-refractivity contribution is 0.152. The zero-order valence-electron chi connectivity index (χ0n) is 7.44. The summed E-state index contributed by atoms with van der Waals surface area (Å²) in [6.45, 7) is 8.40. The van der Waals surface area contributed by atoms with Crippen molar-refractivity contribution in [2.24, 2.45) is 11.1 Å². The molecule has 0 bridgehead atoms. The maximum absolute atomic E-state index is 8.69. The van der Waals surface area contributed by atoms with E-state index in [0.29, 0.717) is 6.42 Å². The molecular weight excluding hydrogens is 126 g/mol. The van der Waals surface area contributed by atoms with Gasteiger partial charge in [0.25, 0.3) is 0 Å². The third-order valence-corrected chi connectivity index (χ3v) is 2.34. The molecule has 0 aromatic carbocycles. The van der Waals surface area contributed by atoms with Crippen LogP contribution in [0.15, 0.2) is 0 Å². The van der Waals surface area contributed by atoms with Gasteiger partial charge in [-0.15, -0.1) is 0 Å². The largest absolute Gasteiger partial charge is 0.396 e. The highest BCUT2D eigenvalue weighted by molar-refractivity contribution is 4.90. The summed E-state index contributed by atoms with van der Waals surface area (Å²) < 4.78 is 0. The SMILES string of the molecule is CC(C)(C)C(C)(N)CCO. The van der Waals surface area contributed by atoms with Gasteiger partial charge in [-0.1, -0.05) is 20.8 Å². The van der Waals surface area contributed by atoms with E-state index >= 15 is 0 Å². The van der Waals surface area contributed by atoms with Crippen molar-refractivity contribution in [1.82, 2.24) is 0 Å². The average Bonchev–Trinajstić information content (AvgIpc) is 1.61. The molecule has 0 amide bonds.